The molecule has 1 aromatic carbocycles. The Morgan fingerprint density at radius 1 is 1.00 bits per heavy atom. The van der Waals surface area contributed by atoms with Crippen molar-refractivity contribution in [3.8, 4) is 5.75 Å². The average molecular weight is 352 g/mol. The molecule has 0 N–H and O–H groups in total. The molecule has 0 spiro atoms. The smallest absolute Gasteiger partial charge is 0.422 e. The van der Waals surface area contributed by atoms with Gasteiger partial charge in [-0.15, -0.1) is 0 Å². The molecule has 0 atom stereocenters. The van der Waals surface area contributed by atoms with Crippen molar-refractivity contribution < 1.29 is 17.9 Å². The third kappa shape index (κ3) is 5.32. The monoisotopic (exact) mass is 352 g/mol. The third-order valence-electron chi connectivity index (χ3n) is 3.91. The van der Waals surface area contributed by atoms with E-state index in [0.29, 0.717) is 6.54 Å². The van der Waals surface area contributed by atoms with Crippen LogP contribution in [-0.2, 0) is 6.54 Å². The lowest BCUT2D eigenvalue weighted by molar-refractivity contribution is -0.153. The number of ether oxygens (including phenoxy) is 1. The number of anilines is 1. The van der Waals surface area contributed by atoms with Crippen LogP contribution in [0.25, 0.3) is 0 Å². The second kappa shape index (κ2) is 7.69. The standard InChI is InChI=1S/C17H19F3N4O/c18-17(19,20)13-25-15-4-1-3-14(11-15)12-23-7-9-24(10-8-23)16-21-5-2-6-22-16/h1-6,11H,7-10,12-13H2. The van der Waals surface area contributed by atoms with Crippen molar-refractivity contribution in [1.29, 1.82) is 0 Å². The highest BCUT2D eigenvalue weighted by Crippen LogP contribution is 2.20. The molecular formula is C17H19F3N4O. The fourth-order valence-electron chi connectivity index (χ4n) is 2.72. The Bertz CT molecular complexity index is 673. The highest BCUT2D eigenvalue weighted by atomic mass is 19.4. The van der Waals surface area contributed by atoms with E-state index in [1.807, 2.05) is 6.07 Å². The number of hydrogen-bond acceptors (Lipinski definition) is 5. The minimum Gasteiger partial charge on any atom is -0.484 e. The van der Waals surface area contributed by atoms with Gasteiger partial charge in [-0.2, -0.15) is 13.2 Å². The first kappa shape index (κ1) is 17.5. The third-order valence-corrected chi connectivity index (χ3v) is 3.91. The topological polar surface area (TPSA) is 41.5 Å². The molecule has 0 radical (unpaired) electrons. The molecule has 3 rings (SSSR count). The van der Waals surface area contributed by atoms with Crippen molar-refractivity contribution in [2.75, 3.05) is 37.7 Å². The van der Waals surface area contributed by atoms with E-state index in [1.54, 1.807) is 36.7 Å². The molecule has 0 saturated carbocycles. The van der Waals surface area contributed by atoms with Crippen molar-refractivity contribution in [3.63, 3.8) is 0 Å². The van der Waals surface area contributed by atoms with Gasteiger partial charge in [0, 0.05) is 45.1 Å². The molecule has 1 saturated heterocycles. The number of piperazine rings is 1. The molecule has 134 valence electrons. The van der Waals surface area contributed by atoms with Gasteiger partial charge >= 0.3 is 6.18 Å². The molecule has 8 heteroatoms. The number of rotatable bonds is 5. The van der Waals surface area contributed by atoms with Gasteiger partial charge in [-0.05, 0) is 23.8 Å². The Balaban J connectivity index is 1.52. The van der Waals surface area contributed by atoms with Crippen LogP contribution in [0.3, 0.4) is 0 Å². The van der Waals surface area contributed by atoms with Crippen molar-refractivity contribution in [1.82, 2.24) is 14.9 Å². The van der Waals surface area contributed by atoms with Crippen molar-refractivity contribution in [2.45, 2.75) is 12.7 Å². The van der Waals surface area contributed by atoms with E-state index >= 15 is 0 Å². The van der Waals surface area contributed by atoms with Gasteiger partial charge in [-0.3, -0.25) is 4.90 Å². The number of alkyl halides is 3. The highest BCUT2D eigenvalue weighted by molar-refractivity contribution is 5.30. The molecule has 0 amide bonds. The lowest BCUT2D eigenvalue weighted by Gasteiger charge is -2.34. The lowest BCUT2D eigenvalue weighted by Crippen LogP contribution is -2.46. The van der Waals surface area contributed by atoms with E-state index in [-0.39, 0.29) is 5.75 Å². The van der Waals surface area contributed by atoms with Crippen molar-refractivity contribution in [2.24, 2.45) is 0 Å². The van der Waals surface area contributed by atoms with E-state index in [1.165, 1.54) is 0 Å². The predicted molar refractivity (Wildman–Crippen MR) is 87.5 cm³/mol. The molecule has 1 aliphatic heterocycles. The SMILES string of the molecule is FC(F)(F)COc1cccc(CN2CCN(c3ncccn3)CC2)c1. The maximum absolute atomic E-state index is 12.2. The van der Waals surface area contributed by atoms with Gasteiger partial charge in [-0.1, -0.05) is 12.1 Å². The van der Waals surface area contributed by atoms with Gasteiger partial charge in [0.25, 0.3) is 0 Å². The molecule has 1 fully saturated rings. The fourth-order valence-corrected chi connectivity index (χ4v) is 2.72. The molecule has 1 aromatic heterocycles. The van der Waals surface area contributed by atoms with E-state index in [0.717, 1.165) is 37.7 Å². The Morgan fingerprint density at radius 3 is 2.40 bits per heavy atom. The van der Waals surface area contributed by atoms with Gasteiger partial charge in [0.15, 0.2) is 6.61 Å². The summed E-state index contributed by atoms with van der Waals surface area (Å²) < 4.78 is 41.5. The van der Waals surface area contributed by atoms with Crippen LogP contribution in [0.15, 0.2) is 42.7 Å². The van der Waals surface area contributed by atoms with Crippen molar-refractivity contribution >= 4 is 5.95 Å². The number of benzene rings is 1. The van der Waals surface area contributed by atoms with Crippen LogP contribution in [0.1, 0.15) is 5.56 Å². The molecule has 2 heterocycles. The maximum Gasteiger partial charge on any atom is 0.422 e. The summed E-state index contributed by atoms with van der Waals surface area (Å²) in [6.07, 6.45) is -0.881. The molecule has 2 aromatic rings. The minimum absolute atomic E-state index is 0.242. The summed E-state index contributed by atoms with van der Waals surface area (Å²) in [6.45, 7) is 2.71. The van der Waals surface area contributed by atoms with Gasteiger partial charge in [0.1, 0.15) is 5.75 Å². The zero-order valence-electron chi connectivity index (χ0n) is 13.6. The van der Waals surface area contributed by atoms with E-state index in [9.17, 15) is 13.2 Å². The van der Waals surface area contributed by atoms with Gasteiger partial charge < -0.3 is 9.64 Å². The first-order valence-corrected chi connectivity index (χ1v) is 8.02. The summed E-state index contributed by atoms with van der Waals surface area (Å²) >= 11 is 0. The number of aromatic nitrogens is 2. The summed E-state index contributed by atoms with van der Waals surface area (Å²) in [5, 5.41) is 0. The quantitative estimate of drug-likeness (QED) is 0.828. The van der Waals surface area contributed by atoms with E-state index < -0.39 is 12.8 Å². The van der Waals surface area contributed by atoms with E-state index in [2.05, 4.69) is 19.8 Å². The van der Waals surface area contributed by atoms with E-state index in [4.69, 9.17) is 4.74 Å². The van der Waals surface area contributed by atoms with Gasteiger partial charge in [0.2, 0.25) is 5.95 Å². The Hall–Kier alpha value is -2.35. The van der Waals surface area contributed by atoms with Gasteiger partial charge in [-0.25, -0.2) is 9.97 Å². The summed E-state index contributed by atoms with van der Waals surface area (Å²) in [4.78, 5) is 12.9. The second-order valence-corrected chi connectivity index (χ2v) is 5.86. The Kier molecular flexibility index (Phi) is 5.37. The summed E-state index contributed by atoms with van der Waals surface area (Å²) in [6, 6.07) is 8.61. The van der Waals surface area contributed by atoms with Crippen LogP contribution in [0.2, 0.25) is 0 Å². The van der Waals surface area contributed by atoms with Crippen LogP contribution >= 0.6 is 0 Å². The molecule has 0 unspecified atom stereocenters. The van der Waals surface area contributed by atoms with Crippen LogP contribution in [0.4, 0.5) is 19.1 Å². The predicted octanol–water partition coefficient (Wildman–Crippen LogP) is 2.74. The zero-order valence-corrected chi connectivity index (χ0v) is 13.6. The minimum atomic E-state index is -4.33. The first-order chi connectivity index (χ1) is 12.0. The molecular weight excluding hydrogens is 333 g/mol. The second-order valence-electron chi connectivity index (χ2n) is 5.86. The van der Waals surface area contributed by atoms with Crippen LogP contribution in [-0.4, -0.2) is 53.8 Å². The van der Waals surface area contributed by atoms with Crippen LogP contribution in [0.5, 0.6) is 5.75 Å². The zero-order chi connectivity index (χ0) is 17.7. The maximum atomic E-state index is 12.2. The number of hydrogen-bond donors (Lipinski definition) is 0. The normalized spacial score (nSPS) is 16.0. The van der Waals surface area contributed by atoms with Gasteiger partial charge in [0.05, 0.1) is 0 Å². The van der Waals surface area contributed by atoms with Crippen LogP contribution < -0.4 is 9.64 Å². The highest BCUT2D eigenvalue weighted by Gasteiger charge is 2.28. The lowest BCUT2D eigenvalue weighted by atomic mass is 10.2. The molecule has 0 bridgehead atoms. The summed E-state index contributed by atoms with van der Waals surface area (Å²) in [5.41, 5.74) is 0.934. The molecule has 1 aliphatic rings. The van der Waals surface area contributed by atoms with Crippen LogP contribution in [0, 0.1) is 0 Å². The fraction of sp³-hybridized carbons (Fsp3) is 0.412. The first-order valence-electron chi connectivity index (χ1n) is 8.02. The summed E-state index contributed by atoms with van der Waals surface area (Å²) in [7, 11) is 0. The number of nitrogens with zero attached hydrogens (tertiary/aromatic N) is 4. The molecule has 25 heavy (non-hydrogen) atoms. The van der Waals surface area contributed by atoms with Crippen molar-refractivity contribution in [3.05, 3.63) is 48.3 Å². The average Bonchev–Trinajstić information content (AvgIpc) is 2.61. The molecule has 5 nitrogen and oxygen atoms in total. The number of halogens is 3. The summed E-state index contributed by atoms with van der Waals surface area (Å²) in [5.74, 6) is 0.968. The Morgan fingerprint density at radius 2 is 1.72 bits per heavy atom. The molecule has 0 aliphatic carbocycles. The largest absolute Gasteiger partial charge is 0.484 e. The Labute approximate surface area is 144 Å².